The zero-order valence-electron chi connectivity index (χ0n) is 10.2. The molecule has 0 amide bonds. The molecular weight excluding hydrogens is 254 g/mol. The number of benzene rings is 1. The minimum Gasteiger partial charge on any atom is -0.382 e. The van der Waals surface area contributed by atoms with Gasteiger partial charge in [0, 0.05) is 13.7 Å². The number of para-hydroxylation sites is 1. The molecule has 0 aliphatic rings. The summed E-state index contributed by atoms with van der Waals surface area (Å²) in [5.74, 6) is 0.452. The van der Waals surface area contributed by atoms with Crippen molar-refractivity contribution in [3.05, 3.63) is 23.2 Å². The van der Waals surface area contributed by atoms with Gasteiger partial charge in [-0.2, -0.15) is 0 Å². The molecule has 5 nitrogen and oxygen atoms in total. The second kappa shape index (κ2) is 6.04. The highest BCUT2D eigenvalue weighted by molar-refractivity contribution is 6.35. The molecule has 1 aromatic carbocycles. The van der Waals surface area contributed by atoms with Crippen LogP contribution in [0.5, 0.6) is 0 Å². The Kier molecular flexibility index (Phi) is 4.41. The Morgan fingerprint density at radius 2 is 2.17 bits per heavy atom. The summed E-state index contributed by atoms with van der Waals surface area (Å²) < 4.78 is 12.2. The summed E-state index contributed by atoms with van der Waals surface area (Å²) in [6, 6.07) is 5.63. The normalized spacial score (nSPS) is 11.2. The first-order chi connectivity index (χ1) is 8.74. The number of halogens is 1. The van der Waals surface area contributed by atoms with Crippen molar-refractivity contribution in [3.8, 4) is 0 Å². The summed E-state index contributed by atoms with van der Waals surface area (Å²) in [5, 5.41) is 0.609. The lowest BCUT2D eigenvalue weighted by atomic mass is 10.3. The Hall–Kier alpha value is -1.30. The summed E-state index contributed by atoms with van der Waals surface area (Å²) in [5.41, 5.74) is 7.53. The molecule has 2 N–H and O–H groups in total. The van der Waals surface area contributed by atoms with E-state index in [0.717, 1.165) is 11.0 Å². The highest BCUT2D eigenvalue weighted by Gasteiger charge is 2.09. The molecule has 1 heterocycles. The Morgan fingerprint density at radius 3 is 2.94 bits per heavy atom. The van der Waals surface area contributed by atoms with Crippen LogP contribution in [0.4, 0.5) is 5.95 Å². The Balaban J connectivity index is 2.08. The molecule has 0 unspecified atom stereocenters. The van der Waals surface area contributed by atoms with Crippen LogP contribution in [0, 0.1) is 0 Å². The van der Waals surface area contributed by atoms with Gasteiger partial charge in [-0.05, 0) is 12.1 Å². The van der Waals surface area contributed by atoms with Gasteiger partial charge in [-0.15, -0.1) is 0 Å². The number of nitrogens with zero attached hydrogens (tertiary/aromatic N) is 2. The zero-order chi connectivity index (χ0) is 13.0. The van der Waals surface area contributed by atoms with E-state index in [1.165, 1.54) is 0 Å². The van der Waals surface area contributed by atoms with Gasteiger partial charge in [-0.25, -0.2) is 4.98 Å². The molecule has 0 saturated heterocycles. The topological polar surface area (TPSA) is 62.3 Å². The first kappa shape index (κ1) is 13.1. The number of aromatic nitrogens is 2. The van der Waals surface area contributed by atoms with Gasteiger partial charge >= 0.3 is 0 Å². The molecule has 2 aromatic rings. The molecule has 0 saturated carbocycles. The highest BCUT2D eigenvalue weighted by atomic mass is 35.5. The quantitative estimate of drug-likeness (QED) is 0.814. The predicted octanol–water partition coefficient (Wildman–Crippen LogP) is 1.93. The van der Waals surface area contributed by atoms with Gasteiger partial charge in [0.05, 0.1) is 30.4 Å². The fourth-order valence-corrected chi connectivity index (χ4v) is 1.98. The van der Waals surface area contributed by atoms with Crippen molar-refractivity contribution in [2.24, 2.45) is 0 Å². The Morgan fingerprint density at radius 1 is 1.33 bits per heavy atom. The molecule has 0 bridgehead atoms. The standard InChI is InChI=1S/C12H16ClN3O2/c1-17-7-8-18-6-5-16-10-4-2-3-9(13)11(10)15-12(16)14/h2-4H,5-8H2,1H3,(H2,14,15). The van der Waals surface area contributed by atoms with Crippen LogP contribution in [0.1, 0.15) is 0 Å². The van der Waals surface area contributed by atoms with Crippen molar-refractivity contribution in [1.82, 2.24) is 9.55 Å². The van der Waals surface area contributed by atoms with Gasteiger partial charge < -0.3 is 19.8 Å². The number of hydrogen-bond donors (Lipinski definition) is 1. The minimum atomic E-state index is 0.452. The van der Waals surface area contributed by atoms with Crippen LogP contribution < -0.4 is 5.73 Å². The molecule has 2 rings (SSSR count). The van der Waals surface area contributed by atoms with Crippen molar-refractivity contribution in [2.75, 3.05) is 32.7 Å². The van der Waals surface area contributed by atoms with Crippen LogP contribution in [0.2, 0.25) is 5.02 Å². The van der Waals surface area contributed by atoms with Gasteiger partial charge in [0.25, 0.3) is 0 Å². The van der Waals surface area contributed by atoms with E-state index in [9.17, 15) is 0 Å². The van der Waals surface area contributed by atoms with Crippen LogP contribution >= 0.6 is 11.6 Å². The molecule has 0 aliphatic heterocycles. The van der Waals surface area contributed by atoms with Crippen molar-refractivity contribution in [2.45, 2.75) is 6.54 Å². The first-order valence-corrected chi connectivity index (χ1v) is 6.08. The van der Waals surface area contributed by atoms with E-state index in [2.05, 4.69) is 4.98 Å². The predicted molar refractivity (Wildman–Crippen MR) is 71.9 cm³/mol. The molecule has 0 atom stereocenters. The summed E-state index contributed by atoms with van der Waals surface area (Å²) in [6.45, 7) is 2.37. The average Bonchev–Trinajstić information content (AvgIpc) is 2.68. The van der Waals surface area contributed by atoms with Crippen LogP contribution in [0.15, 0.2) is 18.2 Å². The fourth-order valence-electron chi connectivity index (χ4n) is 1.77. The van der Waals surface area contributed by atoms with E-state index in [1.807, 2.05) is 16.7 Å². The first-order valence-electron chi connectivity index (χ1n) is 5.71. The van der Waals surface area contributed by atoms with Gasteiger partial charge in [-0.3, -0.25) is 0 Å². The number of imidazole rings is 1. The molecule has 1 aromatic heterocycles. The largest absolute Gasteiger partial charge is 0.382 e. The zero-order valence-corrected chi connectivity index (χ0v) is 11.0. The smallest absolute Gasteiger partial charge is 0.201 e. The lowest BCUT2D eigenvalue weighted by Crippen LogP contribution is -2.11. The molecular formula is C12H16ClN3O2. The highest BCUT2D eigenvalue weighted by Crippen LogP contribution is 2.24. The van der Waals surface area contributed by atoms with Crippen LogP contribution in [-0.2, 0) is 16.0 Å². The molecule has 0 spiro atoms. The molecule has 18 heavy (non-hydrogen) atoms. The minimum absolute atomic E-state index is 0.452. The van der Waals surface area contributed by atoms with Crippen molar-refractivity contribution in [3.63, 3.8) is 0 Å². The fraction of sp³-hybridized carbons (Fsp3) is 0.417. The van der Waals surface area contributed by atoms with Gasteiger partial charge in [0.15, 0.2) is 0 Å². The molecule has 6 heteroatoms. The Bertz CT molecular complexity index is 527. The maximum atomic E-state index is 6.07. The number of rotatable bonds is 6. The molecule has 98 valence electrons. The van der Waals surface area contributed by atoms with Gasteiger partial charge in [0.1, 0.15) is 5.52 Å². The number of nitrogen functional groups attached to an aromatic ring is 1. The van der Waals surface area contributed by atoms with Crippen LogP contribution in [-0.4, -0.2) is 36.5 Å². The van der Waals surface area contributed by atoms with Crippen LogP contribution in [0.3, 0.4) is 0 Å². The van der Waals surface area contributed by atoms with E-state index in [4.69, 9.17) is 26.8 Å². The number of hydrogen-bond acceptors (Lipinski definition) is 4. The molecule has 0 radical (unpaired) electrons. The molecule has 0 fully saturated rings. The lowest BCUT2D eigenvalue weighted by Gasteiger charge is -2.07. The maximum Gasteiger partial charge on any atom is 0.201 e. The summed E-state index contributed by atoms with van der Waals surface area (Å²) in [7, 11) is 1.65. The summed E-state index contributed by atoms with van der Waals surface area (Å²) >= 11 is 6.07. The molecule has 0 aliphatic carbocycles. The third kappa shape index (κ3) is 2.75. The van der Waals surface area contributed by atoms with Gasteiger partial charge in [0.2, 0.25) is 5.95 Å². The SMILES string of the molecule is COCCOCCn1c(N)nc2c(Cl)cccc21. The van der Waals surface area contributed by atoms with Crippen molar-refractivity contribution < 1.29 is 9.47 Å². The summed E-state index contributed by atoms with van der Waals surface area (Å²) in [6.07, 6.45) is 0. The van der Waals surface area contributed by atoms with E-state index >= 15 is 0 Å². The number of fused-ring (bicyclic) bond motifs is 1. The monoisotopic (exact) mass is 269 g/mol. The second-order valence-electron chi connectivity index (χ2n) is 3.83. The Labute approximate surface area is 110 Å². The van der Waals surface area contributed by atoms with Crippen molar-refractivity contribution in [1.29, 1.82) is 0 Å². The number of nitrogens with two attached hydrogens (primary N) is 1. The number of anilines is 1. The third-order valence-corrected chi connectivity index (χ3v) is 2.96. The van der Waals surface area contributed by atoms with Crippen molar-refractivity contribution >= 4 is 28.6 Å². The van der Waals surface area contributed by atoms with E-state index < -0.39 is 0 Å². The second-order valence-corrected chi connectivity index (χ2v) is 4.24. The third-order valence-electron chi connectivity index (χ3n) is 2.65. The maximum absolute atomic E-state index is 6.07. The van der Waals surface area contributed by atoms with E-state index in [0.29, 0.717) is 37.3 Å². The number of ether oxygens (including phenoxy) is 2. The number of methoxy groups -OCH3 is 1. The lowest BCUT2D eigenvalue weighted by molar-refractivity contribution is 0.0671. The van der Waals surface area contributed by atoms with Gasteiger partial charge in [-0.1, -0.05) is 17.7 Å². The van der Waals surface area contributed by atoms with Crippen LogP contribution in [0.25, 0.3) is 11.0 Å². The van der Waals surface area contributed by atoms with E-state index in [-0.39, 0.29) is 0 Å². The van der Waals surface area contributed by atoms with E-state index in [1.54, 1.807) is 13.2 Å². The summed E-state index contributed by atoms with van der Waals surface area (Å²) in [4.78, 5) is 4.26. The average molecular weight is 270 g/mol.